The summed E-state index contributed by atoms with van der Waals surface area (Å²) in [7, 11) is 0. The number of hydrogen-bond acceptors (Lipinski definition) is 7. The van der Waals surface area contributed by atoms with Crippen molar-refractivity contribution in [1.82, 2.24) is 15.1 Å². The number of nitrogens with zero attached hydrogens (tertiary/aromatic N) is 3. The van der Waals surface area contributed by atoms with Crippen molar-refractivity contribution < 1.29 is 24.2 Å². The Labute approximate surface area is 212 Å². The molecule has 1 aromatic rings. The van der Waals surface area contributed by atoms with Crippen LogP contribution in [0.4, 0.5) is 5.69 Å². The van der Waals surface area contributed by atoms with Crippen LogP contribution in [0.15, 0.2) is 24.3 Å². The molecule has 2 N–H and O–H groups in total. The van der Waals surface area contributed by atoms with E-state index in [4.69, 9.17) is 4.74 Å². The van der Waals surface area contributed by atoms with Crippen LogP contribution in [0.5, 0.6) is 0 Å². The van der Waals surface area contributed by atoms with Crippen molar-refractivity contribution in [2.75, 3.05) is 50.8 Å². The van der Waals surface area contributed by atoms with E-state index in [-0.39, 0.29) is 36.7 Å². The van der Waals surface area contributed by atoms with Gasteiger partial charge >= 0.3 is 0 Å². The van der Waals surface area contributed by atoms with Crippen LogP contribution in [0.2, 0.25) is 0 Å². The predicted molar refractivity (Wildman–Crippen MR) is 135 cm³/mol. The molecule has 3 heterocycles. The maximum atomic E-state index is 13.6. The Hall–Kier alpha value is -2.49. The lowest BCUT2D eigenvalue weighted by Gasteiger charge is -2.36. The fourth-order valence-corrected chi connectivity index (χ4v) is 6.30. The van der Waals surface area contributed by atoms with Gasteiger partial charge in [-0.1, -0.05) is 19.8 Å². The van der Waals surface area contributed by atoms with Crippen LogP contribution < -0.4 is 10.2 Å². The summed E-state index contributed by atoms with van der Waals surface area (Å²) in [5, 5.41) is 13.3. The zero-order valence-corrected chi connectivity index (χ0v) is 21.1. The Morgan fingerprint density at radius 3 is 2.47 bits per heavy atom. The molecule has 1 aromatic carbocycles. The second-order valence-electron chi connectivity index (χ2n) is 10.6. The van der Waals surface area contributed by atoms with Crippen LogP contribution in [-0.4, -0.2) is 103 Å². The lowest BCUT2D eigenvalue weighted by atomic mass is 9.95. The summed E-state index contributed by atoms with van der Waals surface area (Å²) in [6.45, 7) is 7.33. The quantitative estimate of drug-likeness (QED) is 0.579. The number of amides is 2. The Morgan fingerprint density at radius 1 is 1.11 bits per heavy atom. The van der Waals surface area contributed by atoms with E-state index in [1.54, 1.807) is 0 Å². The monoisotopic (exact) mass is 498 g/mol. The van der Waals surface area contributed by atoms with Gasteiger partial charge in [0.1, 0.15) is 30.9 Å². The summed E-state index contributed by atoms with van der Waals surface area (Å²) in [6.07, 6.45) is 3.35. The number of benzene rings is 1. The number of rotatable bonds is 7. The van der Waals surface area contributed by atoms with E-state index in [1.165, 1.54) is 4.90 Å². The fourth-order valence-electron chi connectivity index (χ4n) is 6.30. The molecule has 2 amide bonds. The molecule has 0 bridgehead atoms. The molecule has 3 aliphatic heterocycles. The average molecular weight is 499 g/mol. The number of nitrogens with one attached hydrogen (secondary N) is 1. The summed E-state index contributed by atoms with van der Waals surface area (Å²) in [5.41, 5.74) is 1.61. The maximum absolute atomic E-state index is 13.6. The van der Waals surface area contributed by atoms with Gasteiger partial charge in [-0.2, -0.15) is 0 Å². The Morgan fingerprint density at radius 2 is 1.81 bits per heavy atom. The van der Waals surface area contributed by atoms with Gasteiger partial charge in [-0.25, -0.2) is 0 Å². The van der Waals surface area contributed by atoms with Gasteiger partial charge in [0.2, 0.25) is 5.91 Å². The molecule has 0 radical (unpaired) electrons. The second-order valence-corrected chi connectivity index (χ2v) is 10.6. The maximum Gasteiger partial charge on any atom is 0.251 e. The normalized spacial score (nSPS) is 27.9. The lowest BCUT2D eigenvalue weighted by Crippen LogP contribution is -2.54. The van der Waals surface area contributed by atoms with Crippen LogP contribution in [-0.2, 0) is 14.3 Å². The van der Waals surface area contributed by atoms with Gasteiger partial charge in [0, 0.05) is 37.4 Å². The molecule has 1 saturated carbocycles. The highest BCUT2D eigenvalue weighted by Gasteiger charge is 2.53. The van der Waals surface area contributed by atoms with Crippen molar-refractivity contribution in [3.63, 3.8) is 0 Å². The summed E-state index contributed by atoms with van der Waals surface area (Å²) in [5.74, 6) is -0.742. The number of ether oxygens (including phenoxy) is 1. The number of ketones is 1. The standard InChI is InChI=1S/C27H38N4O5/c1-2-11-29-12-14-30(15-13-29)20-9-7-19(8-10-20)26(34)28-23(18-5-3-4-6-18)27(35)31-16-21(32)25-24(31)22(33)17-36-25/h7-10,18,21,23-25,32H,2-6,11-17H2,1H3,(H,28,34)/t21-,23+,24-,25-/m1/s1. The summed E-state index contributed by atoms with van der Waals surface area (Å²) in [6, 6.07) is 6.13. The van der Waals surface area contributed by atoms with E-state index in [9.17, 15) is 19.5 Å². The minimum absolute atomic E-state index is 0.0220. The van der Waals surface area contributed by atoms with Crippen LogP contribution in [0.25, 0.3) is 0 Å². The van der Waals surface area contributed by atoms with E-state index in [0.29, 0.717) is 5.56 Å². The number of carbonyl (C=O) groups excluding carboxylic acids is 3. The summed E-state index contributed by atoms with van der Waals surface area (Å²) < 4.78 is 5.43. The third-order valence-corrected chi connectivity index (χ3v) is 8.27. The topological polar surface area (TPSA) is 102 Å². The average Bonchev–Trinajstić information content (AvgIpc) is 3.63. The van der Waals surface area contributed by atoms with E-state index >= 15 is 0 Å². The highest BCUT2D eigenvalue weighted by Crippen LogP contribution is 2.33. The van der Waals surface area contributed by atoms with E-state index in [0.717, 1.165) is 70.5 Å². The number of β-amino-alcohol motifs (C(OH)–C–C–N with tert-alkyl or cyclic N) is 1. The van der Waals surface area contributed by atoms with Gasteiger partial charge in [0.15, 0.2) is 5.78 Å². The number of hydrogen-bond donors (Lipinski definition) is 2. The molecule has 0 spiro atoms. The summed E-state index contributed by atoms with van der Waals surface area (Å²) in [4.78, 5) is 45.5. The Bertz CT molecular complexity index is 955. The van der Waals surface area contributed by atoms with Crippen LogP contribution in [0.1, 0.15) is 49.4 Å². The Kier molecular flexibility index (Phi) is 7.60. The van der Waals surface area contributed by atoms with E-state index < -0.39 is 24.3 Å². The van der Waals surface area contributed by atoms with Crippen LogP contribution in [0.3, 0.4) is 0 Å². The van der Waals surface area contributed by atoms with Gasteiger partial charge in [-0.05, 0) is 56.0 Å². The molecule has 5 rings (SSSR count). The molecule has 4 fully saturated rings. The highest BCUT2D eigenvalue weighted by atomic mass is 16.5. The fraction of sp³-hybridized carbons (Fsp3) is 0.667. The largest absolute Gasteiger partial charge is 0.388 e. The minimum Gasteiger partial charge on any atom is -0.388 e. The SMILES string of the molecule is CCCN1CCN(c2ccc(C(=O)N[C@H](C(=O)N3C[C@@H](O)[C@H]4OCC(=O)[C@H]43)C3CCCC3)cc2)CC1. The van der Waals surface area contributed by atoms with Crippen molar-refractivity contribution in [1.29, 1.82) is 0 Å². The molecular formula is C27H38N4O5. The smallest absolute Gasteiger partial charge is 0.251 e. The van der Waals surface area contributed by atoms with Gasteiger partial charge in [-0.3, -0.25) is 19.3 Å². The van der Waals surface area contributed by atoms with Crippen molar-refractivity contribution in [3.8, 4) is 0 Å². The molecule has 36 heavy (non-hydrogen) atoms. The molecule has 1 aliphatic carbocycles. The molecular weight excluding hydrogens is 460 g/mol. The zero-order valence-electron chi connectivity index (χ0n) is 21.1. The summed E-state index contributed by atoms with van der Waals surface area (Å²) >= 11 is 0. The number of fused-ring (bicyclic) bond motifs is 1. The Balaban J connectivity index is 1.26. The zero-order chi connectivity index (χ0) is 25.2. The number of likely N-dealkylation sites (tertiary alicyclic amines) is 1. The molecule has 3 saturated heterocycles. The van der Waals surface area contributed by atoms with E-state index in [1.807, 2.05) is 24.3 Å². The minimum atomic E-state index is -0.887. The molecule has 0 aromatic heterocycles. The third-order valence-electron chi connectivity index (χ3n) is 8.27. The number of Topliss-reactive ketones (excluding diaryl/α,β-unsaturated/α-hetero) is 1. The first-order chi connectivity index (χ1) is 17.5. The lowest BCUT2D eigenvalue weighted by molar-refractivity contribution is -0.139. The van der Waals surface area contributed by atoms with Crippen molar-refractivity contribution in [2.45, 2.75) is 63.3 Å². The predicted octanol–water partition coefficient (Wildman–Crippen LogP) is 1.05. The number of aliphatic hydroxyl groups excluding tert-OH is 1. The van der Waals surface area contributed by atoms with Crippen molar-refractivity contribution in [3.05, 3.63) is 29.8 Å². The van der Waals surface area contributed by atoms with Gasteiger partial charge < -0.3 is 25.0 Å². The van der Waals surface area contributed by atoms with E-state index in [2.05, 4.69) is 22.0 Å². The van der Waals surface area contributed by atoms with Gasteiger partial charge in [0.25, 0.3) is 5.91 Å². The molecule has 4 aliphatic rings. The first-order valence-electron chi connectivity index (χ1n) is 13.5. The third kappa shape index (κ3) is 5.01. The number of carbonyl (C=O) groups is 3. The van der Waals surface area contributed by atoms with Crippen LogP contribution in [0, 0.1) is 5.92 Å². The highest BCUT2D eigenvalue weighted by molar-refractivity contribution is 5.99. The second kappa shape index (κ2) is 10.9. The van der Waals surface area contributed by atoms with Gasteiger partial charge in [0.05, 0.1) is 6.54 Å². The van der Waals surface area contributed by atoms with Gasteiger partial charge in [-0.15, -0.1) is 0 Å². The van der Waals surface area contributed by atoms with Crippen molar-refractivity contribution in [2.24, 2.45) is 5.92 Å². The first kappa shape index (κ1) is 25.2. The number of aliphatic hydroxyl groups is 1. The molecule has 196 valence electrons. The molecule has 4 atom stereocenters. The number of anilines is 1. The number of piperazine rings is 1. The van der Waals surface area contributed by atoms with Crippen LogP contribution >= 0.6 is 0 Å². The molecule has 0 unspecified atom stereocenters. The molecule has 9 heteroatoms. The molecule has 9 nitrogen and oxygen atoms in total. The first-order valence-corrected chi connectivity index (χ1v) is 13.5. The van der Waals surface area contributed by atoms with Crippen molar-refractivity contribution >= 4 is 23.3 Å².